The number of benzene rings is 1. The molecule has 4 nitrogen and oxygen atoms in total. The maximum absolute atomic E-state index is 12.6. The summed E-state index contributed by atoms with van der Waals surface area (Å²) in [6, 6.07) is 6.60. The normalized spacial score (nSPS) is 10.5. The van der Waals surface area contributed by atoms with E-state index in [-0.39, 0.29) is 11.7 Å². The first-order valence-electron chi connectivity index (χ1n) is 6.23. The van der Waals surface area contributed by atoms with E-state index in [0.717, 1.165) is 11.3 Å². The van der Waals surface area contributed by atoms with Gasteiger partial charge in [0.2, 0.25) is 0 Å². The van der Waals surface area contributed by atoms with E-state index in [1.165, 1.54) is 4.90 Å². The largest absolute Gasteiger partial charge is 0.390 e. The molecule has 1 amide bonds. The van der Waals surface area contributed by atoms with E-state index in [9.17, 15) is 9.59 Å². The van der Waals surface area contributed by atoms with Gasteiger partial charge in [-0.1, -0.05) is 11.6 Å². The first-order valence-corrected chi connectivity index (χ1v) is 7.43. The van der Waals surface area contributed by atoms with Gasteiger partial charge in [-0.05, 0) is 36.8 Å². The number of hydrogen-bond donors (Lipinski definition) is 1. The van der Waals surface area contributed by atoms with Crippen LogP contribution >= 0.6 is 22.9 Å². The molecule has 0 radical (unpaired) electrons. The van der Waals surface area contributed by atoms with Gasteiger partial charge in [0, 0.05) is 24.7 Å². The second-order valence-corrected chi connectivity index (χ2v) is 6.32. The Morgan fingerprint density at radius 3 is 2.29 bits per heavy atom. The van der Waals surface area contributed by atoms with Crippen LogP contribution < -0.4 is 5.73 Å². The number of ketones is 1. The molecule has 2 rings (SSSR count). The molecule has 2 N–H and O–H groups in total. The highest BCUT2D eigenvalue weighted by molar-refractivity contribution is 7.18. The Hall–Kier alpha value is -1.85. The molecule has 6 heteroatoms. The third-order valence-electron chi connectivity index (χ3n) is 3.11. The van der Waals surface area contributed by atoms with Gasteiger partial charge >= 0.3 is 0 Å². The van der Waals surface area contributed by atoms with Crippen molar-refractivity contribution in [1.29, 1.82) is 0 Å². The van der Waals surface area contributed by atoms with Crippen molar-refractivity contribution in [3.63, 3.8) is 0 Å². The van der Waals surface area contributed by atoms with Crippen molar-refractivity contribution >= 4 is 39.6 Å². The molecule has 2 aromatic rings. The third-order valence-corrected chi connectivity index (χ3v) is 4.47. The molecule has 21 heavy (non-hydrogen) atoms. The zero-order valence-electron chi connectivity index (χ0n) is 11.9. The Morgan fingerprint density at radius 1 is 1.19 bits per heavy atom. The summed E-state index contributed by atoms with van der Waals surface area (Å²) in [5, 5.41) is 0.919. The van der Waals surface area contributed by atoms with Crippen molar-refractivity contribution in [3.05, 3.63) is 50.9 Å². The van der Waals surface area contributed by atoms with Crippen molar-refractivity contribution < 1.29 is 9.59 Å². The Kier molecular flexibility index (Phi) is 4.34. The standard InChI is InChI=1S/C15H15ClN2O2S/c1-8-11(12(19)9-4-6-10(16)7-5-9)14(17)21-13(8)15(20)18(2)3/h4-7H,17H2,1-3H3. The van der Waals surface area contributed by atoms with Crippen molar-refractivity contribution in [2.45, 2.75) is 6.92 Å². The first-order chi connectivity index (χ1) is 9.82. The van der Waals surface area contributed by atoms with Crippen molar-refractivity contribution in [3.8, 4) is 0 Å². The van der Waals surface area contributed by atoms with E-state index < -0.39 is 0 Å². The SMILES string of the molecule is Cc1c(C(=O)N(C)C)sc(N)c1C(=O)c1ccc(Cl)cc1. The Bertz CT molecular complexity index is 705. The quantitative estimate of drug-likeness (QED) is 0.882. The lowest BCUT2D eigenvalue weighted by molar-refractivity contribution is 0.0831. The highest BCUT2D eigenvalue weighted by Crippen LogP contribution is 2.33. The molecule has 0 saturated carbocycles. The van der Waals surface area contributed by atoms with Gasteiger partial charge in [-0.2, -0.15) is 0 Å². The number of nitrogens with two attached hydrogens (primary N) is 1. The maximum Gasteiger partial charge on any atom is 0.263 e. The number of rotatable bonds is 3. The molecule has 1 aromatic carbocycles. The number of nitrogens with zero attached hydrogens (tertiary/aromatic N) is 1. The fourth-order valence-electron chi connectivity index (χ4n) is 1.97. The molecule has 110 valence electrons. The van der Waals surface area contributed by atoms with Crippen LogP contribution in [0.4, 0.5) is 5.00 Å². The summed E-state index contributed by atoms with van der Waals surface area (Å²) < 4.78 is 0. The molecular weight excluding hydrogens is 308 g/mol. The highest BCUT2D eigenvalue weighted by atomic mass is 35.5. The van der Waals surface area contributed by atoms with Crippen LogP contribution in [0.25, 0.3) is 0 Å². The zero-order valence-corrected chi connectivity index (χ0v) is 13.5. The molecule has 0 fully saturated rings. The van der Waals surface area contributed by atoms with E-state index in [1.54, 1.807) is 45.3 Å². The van der Waals surface area contributed by atoms with Crippen molar-refractivity contribution in [2.24, 2.45) is 0 Å². The Labute approximate surface area is 132 Å². The monoisotopic (exact) mass is 322 g/mol. The number of anilines is 1. The van der Waals surface area contributed by atoms with Gasteiger partial charge in [0.25, 0.3) is 5.91 Å². The smallest absolute Gasteiger partial charge is 0.263 e. The molecule has 1 heterocycles. The topological polar surface area (TPSA) is 63.4 Å². The van der Waals surface area contributed by atoms with E-state index in [1.807, 2.05) is 0 Å². The summed E-state index contributed by atoms with van der Waals surface area (Å²) >= 11 is 6.96. The number of amides is 1. The number of carbonyl (C=O) groups is 2. The van der Waals surface area contributed by atoms with E-state index in [4.69, 9.17) is 17.3 Å². The molecular formula is C15H15ClN2O2S. The predicted molar refractivity (Wildman–Crippen MR) is 86.4 cm³/mol. The number of hydrogen-bond acceptors (Lipinski definition) is 4. The number of thiophene rings is 1. The minimum atomic E-state index is -0.198. The van der Waals surface area contributed by atoms with Crippen LogP contribution in [-0.2, 0) is 0 Å². The molecule has 0 aliphatic carbocycles. The van der Waals surface area contributed by atoms with Crippen LogP contribution in [-0.4, -0.2) is 30.7 Å². The van der Waals surface area contributed by atoms with E-state index >= 15 is 0 Å². The van der Waals surface area contributed by atoms with Gasteiger partial charge in [0.05, 0.1) is 15.4 Å². The fraction of sp³-hybridized carbons (Fsp3) is 0.200. The van der Waals surface area contributed by atoms with Gasteiger partial charge in [0.1, 0.15) is 0 Å². The molecule has 0 aliphatic rings. The molecule has 0 saturated heterocycles. The average molecular weight is 323 g/mol. The lowest BCUT2D eigenvalue weighted by Crippen LogP contribution is -2.21. The summed E-state index contributed by atoms with van der Waals surface area (Å²) in [5.41, 5.74) is 7.46. The Balaban J connectivity index is 2.47. The third kappa shape index (κ3) is 2.94. The first kappa shape index (κ1) is 15.5. The minimum absolute atomic E-state index is 0.153. The Morgan fingerprint density at radius 2 is 1.76 bits per heavy atom. The predicted octanol–water partition coefficient (Wildman–Crippen LogP) is 3.22. The van der Waals surface area contributed by atoms with Crippen molar-refractivity contribution in [1.82, 2.24) is 4.90 Å². The number of nitrogen functional groups attached to an aromatic ring is 1. The van der Waals surface area contributed by atoms with Gasteiger partial charge < -0.3 is 10.6 Å². The minimum Gasteiger partial charge on any atom is -0.390 e. The molecule has 0 spiro atoms. The molecule has 0 bridgehead atoms. The summed E-state index contributed by atoms with van der Waals surface area (Å²) in [6.07, 6.45) is 0. The highest BCUT2D eigenvalue weighted by Gasteiger charge is 2.24. The van der Waals surface area contributed by atoms with Crippen LogP contribution in [0.15, 0.2) is 24.3 Å². The lowest BCUT2D eigenvalue weighted by atomic mass is 10.0. The van der Waals surface area contributed by atoms with E-state index in [2.05, 4.69) is 0 Å². The second kappa shape index (κ2) is 5.87. The van der Waals surface area contributed by atoms with Crippen LogP contribution in [0.1, 0.15) is 31.2 Å². The summed E-state index contributed by atoms with van der Waals surface area (Å²) in [4.78, 5) is 26.6. The molecule has 1 aromatic heterocycles. The summed E-state index contributed by atoms with van der Waals surface area (Å²) in [5.74, 6) is -0.352. The second-order valence-electron chi connectivity index (χ2n) is 4.83. The zero-order chi connectivity index (χ0) is 15.7. The maximum atomic E-state index is 12.6. The van der Waals surface area contributed by atoms with Crippen LogP contribution in [0.2, 0.25) is 5.02 Å². The van der Waals surface area contributed by atoms with Crippen LogP contribution in [0.5, 0.6) is 0 Å². The molecule has 0 atom stereocenters. The number of carbonyl (C=O) groups excluding carboxylic acids is 2. The van der Waals surface area contributed by atoms with Crippen molar-refractivity contribution in [2.75, 3.05) is 19.8 Å². The number of halogens is 1. The average Bonchev–Trinajstić information content (AvgIpc) is 2.73. The summed E-state index contributed by atoms with van der Waals surface area (Å²) in [6.45, 7) is 1.74. The van der Waals surface area contributed by atoms with Gasteiger partial charge in [-0.3, -0.25) is 9.59 Å². The van der Waals surface area contributed by atoms with Crippen LogP contribution in [0, 0.1) is 6.92 Å². The fourth-order valence-corrected chi connectivity index (χ4v) is 3.19. The van der Waals surface area contributed by atoms with Gasteiger partial charge in [0.15, 0.2) is 5.78 Å². The van der Waals surface area contributed by atoms with Gasteiger partial charge in [-0.15, -0.1) is 11.3 Å². The summed E-state index contributed by atoms with van der Waals surface area (Å²) in [7, 11) is 3.33. The van der Waals surface area contributed by atoms with Crippen LogP contribution in [0.3, 0.4) is 0 Å². The van der Waals surface area contributed by atoms with Gasteiger partial charge in [-0.25, -0.2) is 0 Å². The molecule has 0 unspecified atom stereocenters. The lowest BCUT2D eigenvalue weighted by Gasteiger charge is -2.09. The van der Waals surface area contributed by atoms with E-state index in [0.29, 0.717) is 31.6 Å². The molecule has 0 aliphatic heterocycles.